The summed E-state index contributed by atoms with van der Waals surface area (Å²) in [7, 11) is 0. The third-order valence-corrected chi connectivity index (χ3v) is 4.91. The van der Waals surface area contributed by atoms with Crippen molar-refractivity contribution >= 4 is 0 Å². The van der Waals surface area contributed by atoms with Crippen molar-refractivity contribution in [3.05, 3.63) is 72.2 Å². The molecule has 26 heavy (non-hydrogen) atoms. The van der Waals surface area contributed by atoms with Crippen LogP contribution < -0.4 is 0 Å². The molecule has 0 spiro atoms. The smallest absolute Gasteiger partial charge is 0.123 e. The molecule has 1 fully saturated rings. The molecule has 0 amide bonds. The first-order valence-corrected chi connectivity index (χ1v) is 8.83. The van der Waals surface area contributed by atoms with E-state index in [1.165, 1.54) is 12.1 Å². The van der Waals surface area contributed by atoms with Gasteiger partial charge in [0.15, 0.2) is 0 Å². The Morgan fingerprint density at radius 3 is 2.85 bits per heavy atom. The van der Waals surface area contributed by atoms with Gasteiger partial charge >= 0.3 is 0 Å². The first kappa shape index (κ1) is 16.9. The molecule has 3 heterocycles. The molecule has 2 atom stereocenters. The Morgan fingerprint density at radius 1 is 1.23 bits per heavy atom. The first-order valence-electron chi connectivity index (χ1n) is 8.83. The third-order valence-electron chi connectivity index (χ3n) is 4.91. The number of likely N-dealkylation sites (tertiary alicyclic amines) is 1. The summed E-state index contributed by atoms with van der Waals surface area (Å²) in [6.45, 7) is 1.47. The number of aromatic nitrogens is 3. The number of halogens is 1. The molecular weight excluding hydrogens is 331 g/mol. The number of rotatable bonds is 5. The van der Waals surface area contributed by atoms with Crippen LogP contribution in [0.3, 0.4) is 0 Å². The fraction of sp³-hybridized carbons (Fsp3) is 0.300. The number of imidazole rings is 1. The Bertz CT molecular complexity index is 850. The Morgan fingerprint density at radius 2 is 2.08 bits per heavy atom. The Balaban J connectivity index is 1.49. The highest BCUT2D eigenvalue weighted by Crippen LogP contribution is 2.33. The molecule has 4 rings (SSSR count). The van der Waals surface area contributed by atoms with Crippen LogP contribution in [-0.4, -0.2) is 38.0 Å². The number of nitrogens with zero attached hydrogens (tertiary/aromatic N) is 3. The van der Waals surface area contributed by atoms with Crippen LogP contribution in [0.2, 0.25) is 0 Å². The van der Waals surface area contributed by atoms with Gasteiger partial charge in [-0.2, -0.15) is 0 Å². The number of benzene rings is 1. The van der Waals surface area contributed by atoms with Gasteiger partial charge < -0.3 is 10.1 Å². The molecule has 1 aliphatic heterocycles. The topological polar surface area (TPSA) is 65.0 Å². The van der Waals surface area contributed by atoms with Crippen LogP contribution in [0, 0.1) is 5.82 Å². The number of nitrogens with one attached hydrogen (secondary N) is 1. The van der Waals surface area contributed by atoms with Crippen molar-refractivity contribution in [2.75, 3.05) is 13.1 Å². The molecule has 2 aromatic heterocycles. The van der Waals surface area contributed by atoms with Crippen molar-refractivity contribution in [3.63, 3.8) is 0 Å². The Hall–Kier alpha value is -2.57. The number of pyridine rings is 1. The molecule has 0 radical (unpaired) electrons. The number of hydrogen-bond donors (Lipinski definition) is 2. The number of hydrogen-bond acceptors (Lipinski definition) is 4. The zero-order valence-corrected chi connectivity index (χ0v) is 14.3. The summed E-state index contributed by atoms with van der Waals surface area (Å²) in [5.41, 5.74) is 2.61. The predicted molar refractivity (Wildman–Crippen MR) is 96.7 cm³/mol. The van der Waals surface area contributed by atoms with E-state index in [1.807, 2.05) is 12.1 Å². The van der Waals surface area contributed by atoms with E-state index < -0.39 is 6.10 Å². The summed E-state index contributed by atoms with van der Waals surface area (Å²) in [5, 5.41) is 10.5. The van der Waals surface area contributed by atoms with Gasteiger partial charge in [-0.3, -0.25) is 9.88 Å². The van der Waals surface area contributed by atoms with Gasteiger partial charge in [0.2, 0.25) is 0 Å². The molecule has 0 aliphatic carbocycles. The normalized spacial score (nSPS) is 18.9. The summed E-state index contributed by atoms with van der Waals surface area (Å²) in [6, 6.07) is 10.2. The standard InChI is InChI=1S/C20H21FN4O/c21-16-7-5-14(6-8-16)17-12-23-20(24-17)18-4-2-10-25(18)13-19(26)15-3-1-9-22-11-15/h1,3,5-9,11-12,18-19,26H,2,4,10,13H2,(H,23,24). The lowest BCUT2D eigenvalue weighted by Crippen LogP contribution is -2.29. The number of aliphatic hydroxyl groups excluding tert-OH is 1. The molecule has 5 nitrogen and oxygen atoms in total. The van der Waals surface area contributed by atoms with Crippen molar-refractivity contribution in [1.29, 1.82) is 0 Å². The monoisotopic (exact) mass is 352 g/mol. The zero-order valence-electron chi connectivity index (χ0n) is 14.3. The fourth-order valence-electron chi connectivity index (χ4n) is 3.54. The van der Waals surface area contributed by atoms with E-state index in [0.29, 0.717) is 6.54 Å². The van der Waals surface area contributed by atoms with Crippen molar-refractivity contribution in [2.24, 2.45) is 0 Å². The second-order valence-electron chi connectivity index (χ2n) is 6.64. The maximum Gasteiger partial charge on any atom is 0.123 e. The quantitative estimate of drug-likeness (QED) is 0.738. The summed E-state index contributed by atoms with van der Waals surface area (Å²) in [6.07, 6.45) is 6.68. The molecule has 6 heteroatoms. The van der Waals surface area contributed by atoms with Crippen molar-refractivity contribution in [2.45, 2.75) is 25.0 Å². The Labute approximate surface area is 151 Å². The molecule has 1 aromatic carbocycles. The van der Waals surface area contributed by atoms with Crippen LogP contribution in [0.25, 0.3) is 11.3 Å². The summed E-state index contributed by atoms with van der Waals surface area (Å²) in [4.78, 5) is 14.2. The van der Waals surface area contributed by atoms with E-state index in [0.717, 1.165) is 42.0 Å². The summed E-state index contributed by atoms with van der Waals surface area (Å²) in [5.74, 6) is 0.639. The van der Waals surface area contributed by atoms with Crippen LogP contribution in [0.5, 0.6) is 0 Å². The van der Waals surface area contributed by atoms with Crippen molar-refractivity contribution < 1.29 is 9.50 Å². The minimum absolute atomic E-state index is 0.149. The Kier molecular flexibility index (Phi) is 4.77. The number of aromatic amines is 1. The molecule has 0 bridgehead atoms. The van der Waals surface area contributed by atoms with Crippen LogP contribution in [0.1, 0.15) is 36.4 Å². The van der Waals surface area contributed by atoms with Gasteiger partial charge in [0, 0.05) is 24.5 Å². The van der Waals surface area contributed by atoms with E-state index >= 15 is 0 Å². The lowest BCUT2D eigenvalue weighted by Gasteiger charge is -2.25. The minimum Gasteiger partial charge on any atom is -0.387 e. The second kappa shape index (κ2) is 7.35. The van der Waals surface area contributed by atoms with E-state index in [1.54, 1.807) is 30.7 Å². The van der Waals surface area contributed by atoms with Gasteiger partial charge in [0.05, 0.1) is 24.0 Å². The van der Waals surface area contributed by atoms with Gasteiger partial charge in [-0.1, -0.05) is 6.07 Å². The molecule has 0 saturated carbocycles. The first-order chi connectivity index (χ1) is 12.7. The maximum atomic E-state index is 13.1. The van der Waals surface area contributed by atoms with Crippen LogP contribution in [0.15, 0.2) is 55.0 Å². The fourth-order valence-corrected chi connectivity index (χ4v) is 3.54. The number of β-amino-alcohol motifs (C(OH)–C–C–N with tert-alkyl or cyclic N) is 1. The zero-order chi connectivity index (χ0) is 17.9. The highest BCUT2D eigenvalue weighted by Gasteiger charge is 2.30. The largest absolute Gasteiger partial charge is 0.387 e. The van der Waals surface area contributed by atoms with Gasteiger partial charge in [0.1, 0.15) is 11.6 Å². The van der Waals surface area contributed by atoms with Crippen LogP contribution in [0.4, 0.5) is 4.39 Å². The number of aliphatic hydroxyl groups is 1. The lowest BCUT2D eigenvalue weighted by molar-refractivity contribution is 0.104. The average molecular weight is 352 g/mol. The second-order valence-corrected chi connectivity index (χ2v) is 6.64. The van der Waals surface area contributed by atoms with Gasteiger partial charge in [-0.05, 0) is 55.3 Å². The van der Waals surface area contributed by atoms with Gasteiger partial charge in [0.25, 0.3) is 0 Å². The molecular formula is C20H21FN4O. The summed E-state index contributed by atoms with van der Waals surface area (Å²) < 4.78 is 13.1. The maximum absolute atomic E-state index is 13.1. The minimum atomic E-state index is -0.573. The van der Waals surface area contributed by atoms with Crippen molar-refractivity contribution in [1.82, 2.24) is 19.9 Å². The van der Waals surface area contributed by atoms with E-state index in [-0.39, 0.29) is 11.9 Å². The summed E-state index contributed by atoms with van der Waals surface area (Å²) >= 11 is 0. The van der Waals surface area contributed by atoms with Crippen LogP contribution in [-0.2, 0) is 0 Å². The number of H-pyrrole nitrogens is 1. The molecule has 2 N–H and O–H groups in total. The molecule has 1 saturated heterocycles. The molecule has 134 valence electrons. The molecule has 2 unspecified atom stereocenters. The lowest BCUT2D eigenvalue weighted by atomic mass is 10.1. The highest BCUT2D eigenvalue weighted by atomic mass is 19.1. The van der Waals surface area contributed by atoms with Crippen LogP contribution >= 0.6 is 0 Å². The van der Waals surface area contributed by atoms with Gasteiger partial charge in [-0.15, -0.1) is 0 Å². The van der Waals surface area contributed by atoms with E-state index in [2.05, 4.69) is 19.9 Å². The third kappa shape index (κ3) is 3.52. The molecule has 3 aromatic rings. The van der Waals surface area contributed by atoms with Gasteiger partial charge in [-0.25, -0.2) is 9.37 Å². The average Bonchev–Trinajstić information content (AvgIpc) is 3.32. The van der Waals surface area contributed by atoms with Crippen molar-refractivity contribution in [3.8, 4) is 11.3 Å². The van der Waals surface area contributed by atoms with E-state index in [4.69, 9.17) is 0 Å². The highest BCUT2D eigenvalue weighted by molar-refractivity contribution is 5.58. The molecule has 1 aliphatic rings. The SMILES string of the molecule is OC(CN1CCCC1c1ncc(-c2ccc(F)cc2)[nH]1)c1cccnc1. The predicted octanol–water partition coefficient (Wildman–Crippen LogP) is 3.48. The van der Waals surface area contributed by atoms with E-state index in [9.17, 15) is 9.50 Å².